The van der Waals surface area contributed by atoms with Crippen LogP contribution in [0, 0.1) is 6.92 Å². The molecular formula is C24H29N3O3S. The molecule has 3 aromatic rings. The van der Waals surface area contributed by atoms with E-state index in [9.17, 15) is 4.79 Å². The van der Waals surface area contributed by atoms with E-state index in [1.165, 1.54) is 12.8 Å². The molecule has 1 amide bonds. The second-order valence-corrected chi connectivity index (χ2v) is 8.98. The number of hydrogen-bond donors (Lipinski definition) is 0. The first kappa shape index (κ1) is 21.4. The number of methoxy groups -OCH3 is 1. The Morgan fingerprint density at radius 1 is 1.23 bits per heavy atom. The minimum atomic E-state index is 0.107. The summed E-state index contributed by atoms with van der Waals surface area (Å²) in [6, 6.07) is 12.2. The van der Waals surface area contributed by atoms with Crippen LogP contribution in [0.5, 0.6) is 11.5 Å². The highest BCUT2D eigenvalue weighted by atomic mass is 32.1. The van der Waals surface area contributed by atoms with Crippen molar-refractivity contribution in [3.8, 4) is 11.5 Å². The number of aromatic nitrogens is 2. The van der Waals surface area contributed by atoms with E-state index in [2.05, 4.69) is 11.2 Å². The monoisotopic (exact) mass is 439 g/mol. The van der Waals surface area contributed by atoms with Gasteiger partial charge < -0.3 is 14.4 Å². The number of thiophene rings is 1. The fraction of sp³-hybridized carbons (Fsp3) is 0.417. The van der Waals surface area contributed by atoms with Gasteiger partial charge in [-0.05, 0) is 55.0 Å². The number of benzene rings is 1. The van der Waals surface area contributed by atoms with Crippen molar-refractivity contribution in [1.29, 1.82) is 0 Å². The Labute approximate surface area is 187 Å². The highest BCUT2D eigenvalue weighted by Gasteiger charge is 2.27. The summed E-state index contributed by atoms with van der Waals surface area (Å²) in [4.78, 5) is 16.4. The van der Waals surface area contributed by atoms with E-state index in [1.54, 1.807) is 29.3 Å². The normalized spacial score (nSPS) is 14.0. The van der Waals surface area contributed by atoms with E-state index >= 15 is 0 Å². The minimum absolute atomic E-state index is 0.107. The van der Waals surface area contributed by atoms with Gasteiger partial charge in [0.1, 0.15) is 13.2 Å². The van der Waals surface area contributed by atoms with Crippen LogP contribution >= 0.6 is 11.3 Å². The number of rotatable bonds is 9. The molecule has 0 bridgehead atoms. The van der Waals surface area contributed by atoms with Crippen LogP contribution in [-0.4, -0.2) is 33.7 Å². The van der Waals surface area contributed by atoms with Crippen molar-refractivity contribution in [3.05, 3.63) is 64.1 Å². The first-order valence-corrected chi connectivity index (χ1v) is 11.6. The largest absolute Gasteiger partial charge is 0.493 e. The SMILES string of the molecule is COc1ccc(CN(C(=O)Cn2nccc2C)C2CCCC2)cc1OCc1cccs1. The van der Waals surface area contributed by atoms with Gasteiger partial charge in [-0.15, -0.1) is 11.3 Å². The summed E-state index contributed by atoms with van der Waals surface area (Å²) in [7, 11) is 1.65. The Morgan fingerprint density at radius 3 is 2.74 bits per heavy atom. The molecule has 7 heteroatoms. The predicted octanol–water partition coefficient (Wildman–Crippen LogP) is 4.81. The third kappa shape index (κ3) is 5.28. The maximum Gasteiger partial charge on any atom is 0.244 e. The Balaban J connectivity index is 1.52. The van der Waals surface area contributed by atoms with E-state index in [-0.39, 0.29) is 18.5 Å². The summed E-state index contributed by atoms with van der Waals surface area (Å²) < 4.78 is 13.3. The van der Waals surface area contributed by atoms with Gasteiger partial charge in [0.25, 0.3) is 0 Å². The molecular weight excluding hydrogens is 410 g/mol. The third-order valence-electron chi connectivity index (χ3n) is 5.83. The van der Waals surface area contributed by atoms with E-state index in [1.807, 2.05) is 47.5 Å². The van der Waals surface area contributed by atoms with E-state index in [4.69, 9.17) is 9.47 Å². The van der Waals surface area contributed by atoms with Gasteiger partial charge >= 0.3 is 0 Å². The van der Waals surface area contributed by atoms with Gasteiger partial charge in [0.15, 0.2) is 11.5 Å². The molecule has 0 atom stereocenters. The number of ether oxygens (including phenoxy) is 2. The second-order valence-electron chi connectivity index (χ2n) is 7.94. The number of nitrogens with zero attached hydrogens (tertiary/aromatic N) is 3. The molecule has 1 fully saturated rings. The molecule has 0 spiro atoms. The zero-order chi connectivity index (χ0) is 21.6. The van der Waals surface area contributed by atoms with Crippen molar-refractivity contribution < 1.29 is 14.3 Å². The lowest BCUT2D eigenvalue weighted by atomic mass is 10.1. The van der Waals surface area contributed by atoms with Crippen molar-refractivity contribution in [1.82, 2.24) is 14.7 Å². The zero-order valence-corrected chi connectivity index (χ0v) is 18.9. The summed E-state index contributed by atoms with van der Waals surface area (Å²) in [6.07, 6.45) is 6.20. The number of hydrogen-bond acceptors (Lipinski definition) is 5. The fourth-order valence-electron chi connectivity index (χ4n) is 4.09. The summed E-state index contributed by atoms with van der Waals surface area (Å²) in [5.74, 6) is 1.51. The lowest BCUT2D eigenvalue weighted by Crippen LogP contribution is -2.40. The number of aryl methyl sites for hydroxylation is 1. The predicted molar refractivity (Wildman–Crippen MR) is 121 cm³/mol. The van der Waals surface area contributed by atoms with Crippen molar-refractivity contribution in [2.24, 2.45) is 0 Å². The second kappa shape index (κ2) is 10.0. The number of carbonyl (C=O) groups is 1. The lowest BCUT2D eigenvalue weighted by Gasteiger charge is -2.29. The zero-order valence-electron chi connectivity index (χ0n) is 18.1. The molecule has 0 saturated heterocycles. The van der Waals surface area contributed by atoms with Crippen molar-refractivity contribution in [3.63, 3.8) is 0 Å². The Bertz CT molecular complexity index is 993. The topological polar surface area (TPSA) is 56.6 Å². The summed E-state index contributed by atoms with van der Waals surface area (Å²) in [5.41, 5.74) is 2.04. The van der Waals surface area contributed by atoms with Crippen LogP contribution in [0.4, 0.5) is 0 Å². The third-order valence-corrected chi connectivity index (χ3v) is 6.68. The highest BCUT2D eigenvalue weighted by molar-refractivity contribution is 7.09. The first-order valence-electron chi connectivity index (χ1n) is 10.7. The minimum Gasteiger partial charge on any atom is -0.493 e. The Hall–Kier alpha value is -2.80. The van der Waals surface area contributed by atoms with Crippen molar-refractivity contribution >= 4 is 17.2 Å². The fourth-order valence-corrected chi connectivity index (χ4v) is 4.71. The van der Waals surface area contributed by atoms with Crippen LogP contribution in [0.25, 0.3) is 0 Å². The van der Waals surface area contributed by atoms with Gasteiger partial charge in [-0.1, -0.05) is 25.0 Å². The molecule has 1 aromatic carbocycles. The number of carbonyl (C=O) groups excluding carboxylic acids is 1. The van der Waals surface area contributed by atoms with Crippen LogP contribution in [0.2, 0.25) is 0 Å². The van der Waals surface area contributed by atoms with Crippen molar-refractivity contribution in [2.45, 2.75) is 58.3 Å². The van der Waals surface area contributed by atoms with E-state index in [0.717, 1.165) is 29.0 Å². The van der Waals surface area contributed by atoms with Crippen LogP contribution in [0.1, 0.15) is 41.8 Å². The molecule has 2 heterocycles. The van der Waals surface area contributed by atoms with Gasteiger partial charge in [-0.2, -0.15) is 5.10 Å². The van der Waals surface area contributed by atoms with Gasteiger partial charge in [0.05, 0.1) is 7.11 Å². The molecule has 1 aliphatic rings. The Kier molecular flexibility index (Phi) is 6.92. The maximum absolute atomic E-state index is 13.3. The van der Waals surface area contributed by atoms with Crippen LogP contribution in [0.15, 0.2) is 48.0 Å². The molecule has 0 aliphatic heterocycles. The number of amides is 1. The summed E-state index contributed by atoms with van der Waals surface area (Å²) >= 11 is 1.67. The average molecular weight is 440 g/mol. The molecule has 6 nitrogen and oxygen atoms in total. The summed E-state index contributed by atoms with van der Waals surface area (Å²) in [6.45, 7) is 3.30. The molecule has 1 saturated carbocycles. The molecule has 4 rings (SSSR count). The summed E-state index contributed by atoms with van der Waals surface area (Å²) in [5, 5.41) is 6.33. The molecule has 31 heavy (non-hydrogen) atoms. The van der Waals surface area contributed by atoms with E-state index in [0.29, 0.717) is 24.7 Å². The van der Waals surface area contributed by atoms with E-state index < -0.39 is 0 Å². The molecule has 1 aliphatic carbocycles. The lowest BCUT2D eigenvalue weighted by molar-refractivity contribution is -0.135. The highest BCUT2D eigenvalue weighted by Crippen LogP contribution is 2.31. The molecule has 164 valence electrons. The molecule has 2 aromatic heterocycles. The van der Waals surface area contributed by atoms with Crippen LogP contribution < -0.4 is 9.47 Å². The average Bonchev–Trinajstić information content (AvgIpc) is 3.55. The molecule has 0 radical (unpaired) electrons. The van der Waals surface area contributed by atoms with Crippen LogP contribution in [0.3, 0.4) is 0 Å². The molecule has 0 N–H and O–H groups in total. The van der Waals surface area contributed by atoms with Gasteiger partial charge in [0, 0.05) is 29.4 Å². The van der Waals surface area contributed by atoms with Crippen LogP contribution in [-0.2, 0) is 24.5 Å². The Morgan fingerprint density at radius 2 is 2.06 bits per heavy atom. The molecule has 0 unspecified atom stereocenters. The van der Waals surface area contributed by atoms with Gasteiger partial charge in [-0.25, -0.2) is 0 Å². The maximum atomic E-state index is 13.3. The first-order chi connectivity index (χ1) is 15.1. The van der Waals surface area contributed by atoms with Gasteiger partial charge in [0.2, 0.25) is 5.91 Å². The quantitative estimate of drug-likeness (QED) is 0.480. The standard InChI is InChI=1S/C24H29N3O3S/c1-18-11-12-25-27(18)16-24(28)26(20-6-3-4-7-20)15-19-9-10-22(29-2)23(14-19)30-17-21-8-5-13-31-21/h5,8-14,20H,3-4,6-7,15-17H2,1-2H3. The van der Waals surface area contributed by atoms with Gasteiger partial charge in [-0.3, -0.25) is 9.48 Å². The smallest absolute Gasteiger partial charge is 0.244 e. The van der Waals surface area contributed by atoms with Crippen molar-refractivity contribution in [2.75, 3.05) is 7.11 Å².